The molecule has 15 rings (SSSR count). The number of hydrogen-bond acceptors (Lipinski definition) is 20. The van der Waals surface area contributed by atoms with Crippen LogP contribution in [-0.4, -0.2) is 166 Å². The molecule has 5 aliphatic rings. The van der Waals surface area contributed by atoms with E-state index in [1.165, 1.54) is 5.56 Å². The molecule has 5 aliphatic heterocycles. The van der Waals surface area contributed by atoms with Crippen LogP contribution >= 0.6 is 11.6 Å². The Kier molecular flexibility index (Phi) is 19.5. The fourth-order valence-corrected chi connectivity index (χ4v) is 12.2. The van der Waals surface area contributed by atoms with E-state index in [0.29, 0.717) is 77.4 Å². The topological polar surface area (TPSA) is 311 Å². The molecule has 5 N–H and O–H groups in total. The summed E-state index contributed by atoms with van der Waals surface area (Å²) in [6, 6.07) is 15.9. The Morgan fingerprint density at radius 3 is 1.55 bits per heavy atom. The quantitative estimate of drug-likeness (QED) is 0.107. The molecule has 9 aromatic heterocycles. The monoisotopic (exact) mass is 1210 g/mol. The number of rotatable bonds is 11. The number of nitrogens with zero attached hydrogens (tertiary/aromatic N) is 15. The molecule has 5 saturated heterocycles. The van der Waals surface area contributed by atoms with Crippen molar-refractivity contribution < 1.29 is 19.0 Å². The van der Waals surface area contributed by atoms with Crippen LogP contribution < -0.4 is 22.0 Å². The number of alkyl halides is 1. The van der Waals surface area contributed by atoms with Gasteiger partial charge in [-0.05, 0) is 60.9 Å². The minimum Gasteiger partial charge on any atom is -0.472 e. The lowest BCUT2D eigenvalue weighted by molar-refractivity contribution is 0.193. The van der Waals surface area contributed by atoms with Gasteiger partial charge in [0.05, 0.1) is 56.1 Å². The van der Waals surface area contributed by atoms with Crippen molar-refractivity contribution in [2.75, 3.05) is 72.8 Å². The summed E-state index contributed by atoms with van der Waals surface area (Å²) in [6.45, 7) is 16.3. The summed E-state index contributed by atoms with van der Waals surface area (Å²) in [5.41, 5.74) is 3.12. The van der Waals surface area contributed by atoms with Crippen LogP contribution in [0.25, 0.3) is 27.9 Å². The van der Waals surface area contributed by atoms with Crippen LogP contribution in [0.2, 0.25) is 0 Å². The number of nitrogens with one attached hydrogen (secondary N) is 4. The summed E-state index contributed by atoms with van der Waals surface area (Å²) in [5.74, 6) is 8.55. The molecule has 0 aliphatic carbocycles. The van der Waals surface area contributed by atoms with Crippen LogP contribution in [0.5, 0.6) is 0 Å². The molecular weight excluding hydrogens is 1130 g/mol. The number of hydrogen-bond donors (Lipinski definition) is 5. The van der Waals surface area contributed by atoms with Gasteiger partial charge in [0.15, 0.2) is 22.4 Å². The number of likely N-dealkylation sites (tertiary alicyclic amines) is 2. The third-order valence-corrected chi connectivity index (χ3v) is 16.8. The number of aromatic nitrogens is 16. The van der Waals surface area contributed by atoms with Crippen LogP contribution in [0, 0.1) is 17.8 Å². The van der Waals surface area contributed by atoms with E-state index < -0.39 is 0 Å². The van der Waals surface area contributed by atoms with Gasteiger partial charge in [0.25, 0.3) is 16.7 Å². The molecule has 456 valence electrons. The molecular formula is C60H72ClN19O7. The van der Waals surface area contributed by atoms with E-state index >= 15 is 0 Å². The number of halogens is 1. The lowest BCUT2D eigenvalue weighted by atomic mass is 9.97. The molecule has 1 aromatic carbocycles. The summed E-state index contributed by atoms with van der Waals surface area (Å²) in [7, 11) is 1.00. The summed E-state index contributed by atoms with van der Waals surface area (Å²) in [4.78, 5) is 80.8. The minimum atomic E-state index is -0.166. The van der Waals surface area contributed by atoms with E-state index in [9.17, 15) is 14.4 Å². The third kappa shape index (κ3) is 13.8. The van der Waals surface area contributed by atoms with Crippen molar-refractivity contribution in [1.82, 2.24) is 93.8 Å². The Bertz CT molecular complexity index is 4000. The Labute approximate surface area is 504 Å². The average molecular weight is 1210 g/mol. The van der Waals surface area contributed by atoms with E-state index in [1.54, 1.807) is 75.5 Å². The maximum Gasteiger partial charge on any atom is 0.276 e. The molecule has 10 aromatic rings. The lowest BCUT2D eigenvalue weighted by Crippen LogP contribution is -2.24. The zero-order chi connectivity index (χ0) is 60.4. The normalized spacial score (nSPS) is 22.8. The standard InChI is InChI=1S/C21H21N5O2.C19H23N7O2.C14H19N5O2.C5H5ClN2.CH4O/c1-14-10-25(11-15-5-3-2-4-6-15)12-17(14)19-23-21(27)18-9-22-20(26(18)24-19)16-7-8-28-13-16;1-12-8-25(10-16-20-4-2-5-21-16)9-14(12)17-23-19(27)15-7-22-18(26(15)24-17)13-3-6-28-11-13;1-8-4-15-5-10(8)12-17-14(20)11-6-16-13(19(11)18-12)9-2-3-21-7-9;6-4-5-7-2-1-3-8-5;1-2/h2-9,13-14,17H,10-12H2,1H3,(H,23,24,27);2,4-5,7,12-14H,3,6,8-11H2,1H3,(H,23,24,27);6,8-10,15H,2-5,7H2,1H3,(H,17,18,20);1-3H,4H2;2H,1H3. The first-order chi connectivity index (χ1) is 42.5. The largest absolute Gasteiger partial charge is 0.472 e. The molecule has 0 saturated carbocycles. The maximum atomic E-state index is 12.6. The number of H-pyrrole nitrogens is 3. The van der Waals surface area contributed by atoms with Crippen LogP contribution in [0.15, 0.2) is 123 Å². The number of ether oxygens (including phenoxy) is 2. The number of furan rings is 1. The van der Waals surface area contributed by atoms with E-state index in [4.69, 9.17) is 40.8 Å². The molecule has 8 atom stereocenters. The Balaban J connectivity index is 0.000000126. The number of aliphatic hydroxyl groups is 1. The zero-order valence-electron chi connectivity index (χ0n) is 49.0. The van der Waals surface area contributed by atoms with Crippen molar-refractivity contribution in [3.05, 3.63) is 182 Å². The second-order valence-electron chi connectivity index (χ2n) is 22.6. The van der Waals surface area contributed by atoms with Gasteiger partial charge in [-0.2, -0.15) is 15.3 Å². The maximum absolute atomic E-state index is 12.6. The van der Waals surface area contributed by atoms with E-state index in [-0.39, 0.29) is 46.3 Å². The molecule has 26 nitrogen and oxygen atoms in total. The first-order valence-electron chi connectivity index (χ1n) is 29.4. The fraction of sp³-hybridized carbons (Fsp3) is 0.450. The first-order valence-corrected chi connectivity index (χ1v) is 29.9. The highest BCUT2D eigenvalue weighted by molar-refractivity contribution is 6.16. The molecule has 5 fully saturated rings. The zero-order valence-corrected chi connectivity index (χ0v) is 49.8. The van der Waals surface area contributed by atoms with Gasteiger partial charge in [0, 0.05) is 114 Å². The lowest BCUT2D eigenvalue weighted by Gasteiger charge is -2.15. The summed E-state index contributed by atoms with van der Waals surface area (Å²) in [6.07, 6.45) is 16.7. The number of aromatic amines is 3. The predicted molar refractivity (Wildman–Crippen MR) is 322 cm³/mol. The molecule has 87 heavy (non-hydrogen) atoms. The highest BCUT2D eigenvalue weighted by atomic mass is 35.5. The van der Waals surface area contributed by atoms with E-state index in [1.807, 2.05) is 18.2 Å². The van der Waals surface area contributed by atoms with Crippen LogP contribution in [0.1, 0.15) is 110 Å². The summed E-state index contributed by atoms with van der Waals surface area (Å²) in [5, 5.41) is 24.6. The van der Waals surface area contributed by atoms with E-state index in [2.05, 4.69) is 115 Å². The molecule has 8 unspecified atom stereocenters. The van der Waals surface area contributed by atoms with Crippen LogP contribution in [0.3, 0.4) is 0 Å². The minimum absolute atomic E-state index is 0.114. The molecule has 27 heteroatoms. The number of benzene rings is 1. The molecule has 0 bridgehead atoms. The smallest absolute Gasteiger partial charge is 0.276 e. The van der Waals surface area contributed by atoms with Gasteiger partial charge in [-0.1, -0.05) is 51.1 Å². The highest BCUT2D eigenvalue weighted by Crippen LogP contribution is 2.34. The van der Waals surface area contributed by atoms with Crippen molar-refractivity contribution in [3.63, 3.8) is 0 Å². The molecule has 0 spiro atoms. The summed E-state index contributed by atoms with van der Waals surface area (Å²) >= 11 is 5.40. The molecule has 0 amide bonds. The second kappa shape index (κ2) is 28.1. The summed E-state index contributed by atoms with van der Waals surface area (Å²) < 4.78 is 21.2. The SMILES string of the molecule is CC1CN(Cc2ccccc2)CC1c1nn2c(-c3ccoc3)ncc2c(=O)[nH]1.CC1CN(Cc2ncccn2)CC1c1nn2c(C3CCOC3)ncc2c(=O)[nH]1.CC1CNCC1c1nn2c(C3CCOC3)ncc2c(=O)[nH]1.CO.ClCc1ncccn1. The van der Waals surface area contributed by atoms with E-state index in [0.717, 1.165) is 114 Å². The van der Waals surface area contributed by atoms with Crippen molar-refractivity contribution in [2.24, 2.45) is 17.8 Å². The van der Waals surface area contributed by atoms with Gasteiger partial charge >= 0.3 is 0 Å². The second-order valence-corrected chi connectivity index (χ2v) is 22.9. The fourth-order valence-electron chi connectivity index (χ4n) is 12.0. The van der Waals surface area contributed by atoms with Crippen LogP contribution in [0.4, 0.5) is 0 Å². The average Bonchev–Trinajstić information content (AvgIpc) is 2.54. The highest BCUT2D eigenvalue weighted by Gasteiger charge is 2.36. The van der Waals surface area contributed by atoms with Crippen LogP contribution in [-0.2, 0) is 28.4 Å². The van der Waals surface area contributed by atoms with Gasteiger partial charge < -0.3 is 39.3 Å². The van der Waals surface area contributed by atoms with Gasteiger partial charge in [-0.3, -0.25) is 24.2 Å². The number of aliphatic hydroxyl groups excluding tert-OH is 1. The van der Waals surface area contributed by atoms with Gasteiger partial charge in [0.2, 0.25) is 0 Å². The van der Waals surface area contributed by atoms with Gasteiger partial charge in [-0.25, -0.2) is 48.4 Å². The van der Waals surface area contributed by atoms with Crippen molar-refractivity contribution in [3.8, 4) is 11.4 Å². The third-order valence-electron chi connectivity index (χ3n) is 16.6. The Morgan fingerprint density at radius 1 is 0.563 bits per heavy atom. The van der Waals surface area contributed by atoms with Gasteiger partial charge in [-0.15, -0.1) is 11.6 Å². The molecule has 14 heterocycles. The first kappa shape index (κ1) is 60.4. The number of fused-ring (bicyclic) bond motifs is 3. The van der Waals surface area contributed by atoms with Crippen molar-refractivity contribution in [1.29, 1.82) is 0 Å². The van der Waals surface area contributed by atoms with Gasteiger partial charge in [0.1, 0.15) is 47.0 Å². The van der Waals surface area contributed by atoms with Crippen molar-refractivity contribution in [2.45, 2.75) is 82.2 Å². The predicted octanol–water partition coefficient (Wildman–Crippen LogP) is 4.93. The Hall–Kier alpha value is -8.24. The van der Waals surface area contributed by atoms with Crippen molar-refractivity contribution >= 4 is 28.2 Å². The number of imidazole rings is 3. The Morgan fingerprint density at radius 2 is 1.07 bits per heavy atom. The molecule has 0 radical (unpaired) electrons.